The molecule has 8 rings (SSSR count). The van der Waals surface area contributed by atoms with Gasteiger partial charge >= 0.3 is 0 Å². The van der Waals surface area contributed by atoms with E-state index in [0.717, 1.165) is 109 Å². The van der Waals surface area contributed by atoms with Crippen LogP contribution in [0.15, 0.2) is 107 Å². The van der Waals surface area contributed by atoms with Crippen molar-refractivity contribution in [2.45, 2.75) is 140 Å². The van der Waals surface area contributed by atoms with Crippen molar-refractivity contribution in [1.29, 1.82) is 0 Å². The van der Waals surface area contributed by atoms with Gasteiger partial charge in [-0.05, 0) is 104 Å². The molecule has 3 aromatic rings. The van der Waals surface area contributed by atoms with E-state index in [1.807, 2.05) is 46.0 Å². The van der Waals surface area contributed by atoms with E-state index in [2.05, 4.69) is 131 Å². The molecule has 77 heavy (non-hydrogen) atoms. The first-order chi connectivity index (χ1) is 36.7. The number of benzene rings is 2. The van der Waals surface area contributed by atoms with Crippen molar-refractivity contribution in [2.24, 2.45) is 23.2 Å². The Balaban J connectivity index is 0.00000126. The van der Waals surface area contributed by atoms with Crippen molar-refractivity contribution in [3.8, 4) is 11.8 Å². The number of rotatable bonds is 15. The second kappa shape index (κ2) is 26.9. The van der Waals surface area contributed by atoms with E-state index >= 15 is 0 Å². The van der Waals surface area contributed by atoms with Gasteiger partial charge in [0.2, 0.25) is 17.6 Å². The highest BCUT2D eigenvalue weighted by Crippen LogP contribution is 2.37. The van der Waals surface area contributed by atoms with Crippen molar-refractivity contribution in [3.05, 3.63) is 135 Å². The van der Waals surface area contributed by atoms with Crippen LogP contribution in [0, 0.1) is 35.0 Å². The van der Waals surface area contributed by atoms with Gasteiger partial charge in [-0.3, -0.25) is 24.1 Å². The number of fused-ring (bicyclic) bond motifs is 1. The summed E-state index contributed by atoms with van der Waals surface area (Å²) in [6.07, 6.45) is 7.54. The molecule has 0 radical (unpaired) electrons. The maximum absolute atomic E-state index is 13.9. The number of aliphatic hydroxyl groups excluding tert-OH is 1. The number of ketones is 3. The molecule has 4 heterocycles. The lowest BCUT2D eigenvalue weighted by Gasteiger charge is -2.49. The zero-order valence-electron chi connectivity index (χ0n) is 47.9. The lowest BCUT2D eigenvalue weighted by atomic mass is 9.85. The first kappa shape index (κ1) is 59.3. The molecule has 3 aliphatic heterocycles. The van der Waals surface area contributed by atoms with Gasteiger partial charge in [0.15, 0.2) is 11.6 Å². The van der Waals surface area contributed by atoms with Crippen LogP contribution in [0.5, 0.6) is 0 Å². The molecule has 2 aliphatic carbocycles. The Kier molecular flexibility index (Phi) is 20.7. The summed E-state index contributed by atoms with van der Waals surface area (Å²) >= 11 is 0. The summed E-state index contributed by atoms with van der Waals surface area (Å²) in [6, 6.07) is 14.4. The smallest absolute Gasteiger partial charge is 0.227 e. The van der Waals surface area contributed by atoms with Crippen LogP contribution in [0.25, 0.3) is 0 Å². The fourth-order valence-electron chi connectivity index (χ4n) is 10.5. The summed E-state index contributed by atoms with van der Waals surface area (Å²) in [4.78, 5) is 69.6. The van der Waals surface area contributed by atoms with Crippen LogP contribution in [0.1, 0.15) is 155 Å². The monoisotopic (exact) mass is 1050 g/mol. The topological polar surface area (TPSA) is 151 Å². The molecular formula is C64H88N8O5. The van der Waals surface area contributed by atoms with Crippen molar-refractivity contribution < 1.29 is 27.1 Å². The van der Waals surface area contributed by atoms with E-state index in [9.17, 15) is 24.3 Å². The molecule has 3 N–H and O–H groups in total. The number of aliphatic hydroxyl groups is 1. The molecule has 0 saturated carbocycles. The molecular weight excluding hydrogens is 961 g/mol. The van der Waals surface area contributed by atoms with Crippen LogP contribution in [-0.4, -0.2) is 105 Å². The molecule has 1 aromatic heterocycles. The van der Waals surface area contributed by atoms with Gasteiger partial charge in [-0.15, -0.1) is 11.5 Å². The van der Waals surface area contributed by atoms with Gasteiger partial charge in [-0.2, -0.15) is 0 Å². The highest BCUT2D eigenvalue weighted by molar-refractivity contribution is 6.09. The van der Waals surface area contributed by atoms with Gasteiger partial charge in [0.25, 0.3) is 0 Å². The molecule has 0 spiro atoms. The predicted octanol–water partition coefficient (Wildman–Crippen LogP) is 12.0. The summed E-state index contributed by atoms with van der Waals surface area (Å²) < 4.78 is 0. The third-order valence-electron chi connectivity index (χ3n) is 15.6. The second-order valence-corrected chi connectivity index (χ2v) is 22.2. The summed E-state index contributed by atoms with van der Waals surface area (Å²) in [5, 5.41) is 16.9. The minimum Gasteiger partial charge on any atom is -0.510 e. The van der Waals surface area contributed by atoms with E-state index in [4.69, 9.17) is 4.98 Å². The van der Waals surface area contributed by atoms with Gasteiger partial charge in [0.1, 0.15) is 5.76 Å². The molecule has 2 fully saturated rings. The Morgan fingerprint density at radius 1 is 0.961 bits per heavy atom. The molecule has 13 nitrogen and oxygen atoms in total. The number of carbonyl (C=O) groups excluding carboxylic acids is 4. The quantitative estimate of drug-likeness (QED) is 0.0575. The van der Waals surface area contributed by atoms with Crippen molar-refractivity contribution in [1.82, 2.24) is 30.0 Å². The summed E-state index contributed by atoms with van der Waals surface area (Å²) in [5.74, 6) is 5.72. The molecule has 2 aromatic carbocycles. The SMILES string of the molecule is C=C=C1C#CC(=O)CCC1CCC(C)C(=O)c1cc(N2CC(N3CCN(C(=C=C)Cc4ccc(Nc5ncc6c(n5)CN(C5=C(C)C(NC(C)=O)=C(O)CC5C)CC6)cc4)CC3)C2)ccc1C(C)=O.CC.CCC(C)(C)C.[HH].[HH]. The normalized spacial score (nSPS) is 19.1. The van der Waals surface area contributed by atoms with E-state index in [1.54, 1.807) is 6.07 Å². The van der Waals surface area contributed by atoms with Gasteiger partial charge in [0, 0.05) is 133 Å². The van der Waals surface area contributed by atoms with Crippen LogP contribution in [0.2, 0.25) is 0 Å². The minimum atomic E-state index is -0.304. The van der Waals surface area contributed by atoms with E-state index in [1.165, 1.54) is 20.3 Å². The molecule has 0 bridgehead atoms. The summed E-state index contributed by atoms with van der Waals surface area (Å²) in [6.45, 7) is 36.5. The van der Waals surface area contributed by atoms with Crippen LogP contribution < -0.4 is 15.5 Å². The third-order valence-corrected chi connectivity index (χ3v) is 15.6. The Bertz CT molecular complexity index is 2900. The molecule has 414 valence electrons. The minimum absolute atomic E-state index is 0. The number of amides is 1. The Morgan fingerprint density at radius 2 is 1.65 bits per heavy atom. The maximum Gasteiger partial charge on any atom is 0.227 e. The average Bonchev–Trinajstić information content (AvgIpc) is 3.62. The van der Waals surface area contributed by atoms with E-state index in [-0.39, 0.29) is 49.6 Å². The van der Waals surface area contributed by atoms with Crippen LogP contribution in [0.4, 0.5) is 17.3 Å². The first-order valence-electron chi connectivity index (χ1n) is 27.9. The number of nitrogens with zero attached hydrogens (tertiary/aromatic N) is 6. The van der Waals surface area contributed by atoms with Crippen LogP contribution in [-0.2, 0) is 29.0 Å². The molecule has 1 amide bonds. The Labute approximate surface area is 462 Å². The highest BCUT2D eigenvalue weighted by Gasteiger charge is 2.36. The van der Waals surface area contributed by atoms with E-state index < -0.39 is 0 Å². The standard InChI is InChI=1S/C56H64N8O5.C6H14.C2H6.2H2/c1-8-41-14-19-48(67)20-15-42(41)13-10-35(3)55(69)50-30-46(18-21-49(50)38(6)65)64-32-47(33-64)62-26-24-61(25-27-62)45(9-2)29-40-11-16-44(17-12-40)59-56-57-31-43-22-23-63(34-51(43)60-56)54-36(4)28-52(68)53(37(54)5)58-39(7)66;1-5-6(2,3)4;1-2;;/h11-12,16-18,21,30-31,35-36,42,47,68H,1-2,10,13,15,20,22-29,32-34H2,3-7H3,(H,58,66)(H,57,59,60);5H2,1-4H3;1-2H3;2*1H. The predicted molar refractivity (Wildman–Crippen MR) is 314 cm³/mol. The maximum atomic E-state index is 13.9. The average molecular weight is 1050 g/mol. The number of hydrogen-bond acceptors (Lipinski definition) is 12. The van der Waals surface area contributed by atoms with Crippen molar-refractivity contribution >= 4 is 40.6 Å². The molecule has 5 aliphatic rings. The first-order valence-corrected chi connectivity index (χ1v) is 27.9. The molecule has 3 atom stereocenters. The number of nitrogens with one attached hydrogen (secondary N) is 2. The number of aromatic nitrogens is 2. The number of allylic oxidation sites excluding steroid dienone is 5. The lowest BCUT2D eigenvalue weighted by molar-refractivity contribution is -0.118. The van der Waals surface area contributed by atoms with Crippen LogP contribution >= 0.6 is 0 Å². The van der Waals surface area contributed by atoms with Gasteiger partial charge in [-0.25, -0.2) is 9.97 Å². The molecule has 2 saturated heterocycles. The zero-order chi connectivity index (χ0) is 56.1. The third kappa shape index (κ3) is 15.4. The Morgan fingerprint density at radius 3 is 2.27 bits per heavy atom. The number of carbonyl (C=O) groups is 4. The largest absolute Gasteiger partial charge is 0.510 e. The fraction of sp³-hybridized carbons (Fsp3) is 0.500. The fourth-order valence-corrected chi connectivity index (χ4v) is 10.5. The lowest BCUT2D eigenvalue weighted by Crippen LogP contribution is -2.63. The van der Waals surface area contributed by atoms with Gasteiger partial charge in [-0.1, -0.05) is 93.0 Å². The number of Topliss-reactive ketones (excluding diaryl/α,β-unsaturated/α-hetero) is 3. The van der Waals surface area contributed by atoms with E-state index in [0.29, 0.717) is 72.9 Å². The van der Waals surface area contributed by atoms with Gasteiger partial charge < -0.3 is 30.4 Å². The van der Waals surface area contributed by atoms with Gasteiger partial charge in [0.05, 0.1) is 23.6 Å². The van der Waals surface area contributed by atoms with Crippen molar-refractivity contribution in [3.63, 3.8) is 0 Å². The van der Waals surface area contributed by atoms with Crippen LogP contribution in [0.3, 0.4) is 0 Å². The zero-order valence-corrected chi connectivity index (χ0v) is 47.9. The molecule has 3 unspecified atom stereocenters. The number of anilines is 3. The number of piperazine rings is 1. The Hall–Kier alpha value is -6.96. The van der Waals surface area contributed by atoms with Crippen molar-refractivity contribution in [2.75, 3.05) is 56.0 Å². The second-order valence-electron chi connectivity index (χ2n) is 22.2. The summed E-state index contributed by atoms with van der Waals surface area (Å²) in [5.41, 5.74) is 17.0. The summed E-state index contributed by atoms with van der Waals surface area (Å²) in [7, 11) is 0. The number of hydrogen-bond donors (Lipinski definition) is 3. The molecule has 13 heteroatoms. The highest BCUT2D eigenvalue weighted by atomic mass is 16.3.